The summed E-state index contributed by atoms with van der Waals surface area (Å²) < 4.78 is 5.23. The van der Waals surface area contributed by atoms with Crippen LogP contribution in [0, 0.1) is 0 Å². The zero-order valence-electron chi connectivity index (χ0n) is 9.27. The Morgan fingerprint density at radius 3 is 3.00 bits per heavy atom. The topological polar surface area (TPSA) is 62.5 Å². The molecular weight excluding hydrogens is 218 g/mol. The Morgan fingerprint density at radius 1 is 1.41 bits per heavy atom. The molecule has 2 N–H and O–H groups in total. The van der Waals surface area contributed by atoms with E-state index in [9.17, 15) is 4.79 Å². The zero-order valence-corrected chi connectivity index (χ0v) is 9.27. The molecule has 1 fully saturated rings. The van der Waals surface area contributed by atoms with Crippen molar-refractivity contribution in [2.24, 2.45) is 0 Å². The average molecular weight is 231 g/mol. The van der Waals surface area contributed by atoms with Crippen LogP contribution in [0.15, 0.2) is 28.7 Å². The molecule has 0 aliphatic carbocycles. The Hall–Kier alpha value is -1.81. The first kappa shape index (κ1) is 10.4. The third-order valence-electron chi connectivity index (χ3n) is 3.21. The molecule has 0 amide bonds. The highest BCUT2D eigenvalue weighted by atomic mass is 16.4. The third kappa shape index (κ3) is 1.80. The summed E-state index contributed by atoms with van der Waals surface area (Å²) in [6, 6.07) is 7.82. The van der Waals surface area contributed by atoms with Gasteiger partial charge >= 0.3 is 5.97 Å². The van der Waals surface area contributed by atoms with E-state index in [0.29, 0.717) is 11.6 Å². The van der Waals surface area contributed by atoms with Crippen LogP contribution in [-0.4, -0.2) is 17.6 Å². The van der Waals surface area contributed by atoms with Crippen molar-refractivity contribution in [3.05, 3.63) is 35.6 Å². The number of hydrogen-bond acceptors (Lipinski definition) is 3. The monoisotopic (exact) mass is 231 g/mol. The highest BCUT2D eigenvalue weighted by molar-refractivity contribution is 5.91. The van der Waals surface area contributed by atoms with Crippen LogP contribution in [0.5, 0.6) is 0 Å². The second-order valence-corrected chi connectivity index (χ2v) is 4.36. The molecule has 1 aliphatic heterocycles. The summed E-state index contributed by atoms with van der Waals surface area (Å²) in [6.45, 7) is 1.05. The molecule has 0 bridgehead atoms. The first-order valence-corrected chi connectivity index (χ1v) is 5.74. The van der Waals surface area contributed by atoms with E-state index >= 15 is 0 Å². The minimum absolute atomic E-state index is 0.00321. The molecule has 17 heavy (non-hydrogen) atoms. The fraction of sp³-hybridized carbons (Fsp3) is 0.308. The van der Waals surface area contributed by atoms with Crippen LogP contribution in [0.25, 0.3) is 11.0 Å². The first-order chi connectivity index (χ1) is 8.24. The Bertz CT molecular complexity index is 567. The van der Waals surface area contributed by atoms with Gasteiger partial charge in [0.15, 0.2) is 0 Å². The molecule has 3 rings (SSSR count). The van der Waals surface area contributed by atoms with Crippen LogP contribution in [-0.2, 0) is 0 Å². The van der Waals surface area contributed by atoms with Crippen molar-refractivity contribution in [3.63, 3.8) is 0 Å². The predicted molar refractivity (Wildman–Crippen MR) is 63.2 cm³/mol. The van der Waals surface area contributed by atoms with E-state index in [0.717, 1.165) is 18.4 Å². The number of hydrogen-bond donors (Lipinski definition) is 2. The molecule has 1 aromatic carbocycles. The Balaban J connectivity index is 2.02. The number of carbonyl (C=O) groups is 1. The van der Waals surface area contributed by atoms with Gasteiger partial charge in [0.2, 0.25) is 5.76 Å². The van der Waals surface area contributed by atoms with E-state index < -0.39 is 5.97 Å². The maximum atomic E-state index is 10.8. The molecule has 2 heterocycles. The van der Waals surface area contributed by atoms with Gasteiger partial charge in [-0.25, -0.2) is 4.79 Å². The van der Waals surface area contributed by atoms with E-state index in [1.165, 1.54) is 12.0 Å². The van der Waals surface area contributed by atoms with Crippen molar-refractivity contribution in [1.29, 1.82) is 0 Å². The van der Waals surface area contributed by atoms with Crippen molar-refractivity contribution >= 4 is 16.9 Å². The molecule has 1 saturated heterocycles. The average Bonchev–Trinajstić information content (AvgIpc) is 2.97. The molecule has 0 saturated carbocycles. The lowest BCUT2D eigenvalue weighted by Crippen LogP contribution is -2.12. The molecule has 1 unspecified atom stereocenters. The van der Waals surface area contributed by atoms with Gasteiger partial charge in [-0.2, -0.15) is 0 Å². The van der Waals surface area contributed by atoms with Crippen molar-refractivity contribution in [2.45, 2.75) is 18.9 Å². The van der Waals surface area contributed by atoms with E-state index in [4.69, 9.17) is 9.52 Å². The van der Waals surface area contributed by atoms with Gasteiger partial charge in [0.05, 0.1) is 0 Å². The van der Waals surface area contributed by atoms with Crippen LogP contribution in [0.3, 0.4) is 0 Å². The molecule has 0 radical (unpaired) electrons. The Labute approximate surface area is 98.2 Å². The van der Waals surface area contributed by atoms with Gasteiger partial charge in [-0.1, -0.05) is 6.07 Å². The second-order valence-electron chi connectivity index (χ2n) is 4.36. The molecular formula is C13H13NO3. The van der Waals surface area contributed by atoms with Crippen LogP contribution in [0.4, 0.5) is 0 Å². The van der Waals surface area contributed by atoms with Crippen molar-refractivity contribution in [2.75, 3.05) is 6.54 Å². The lowest BCUT2D eigenvalue weighted by atomic mass is 10.0. The van der Waals surface area contributed by atoms with Gasteiger partial charge in [0.1, 0.15) is 5.58 Å². The maximum Gasteiger partial charge on any atom is 0.371 e. The lowest BCUT2D eigenvalue weighted by molar-refractivity contribution is 0.0665. The van der Waals surface area contributed by atoms with E-state index in [2.05, 4.69) is 5.32 Å². The van der Waals surface area contributed by atoms with E-state index in [1.54, 1.807) is 6.07 Å². The zero-order chi connectivity index (χ0) is 11.8. The number of fused-ring (bicyclic) bond motifs is 1. The Morgan fingerprint density at radius 2 is 2.29 bits per heavy atom. The largest absolute Gasteiger partial charge is 0.475 e. The molecule has 2 aromatic rings. The Kier molecular flexibility index (Phi) is 2.37. The number of nitrogens with one attached hydrogen (secondary N) is 1. The summed E-state index contributed by atoms with van der Waals surface area (Å²) in [6.07, 6.45) is 2.32. The van der Waals surface area contributed by atoms with Crippen molar-refractivity contribution < 1.29 is 14.3 Å². The van der Waals surface area contributed by atoms with E-state index in [-0.39, 0.29) is 5.76 Å². The number of carboxylic acid groups (broad SMARTS) is 1. The quantitative estimate of drug-likeness (QED) is 0.833. The van der Waals surface area contributed by atoms with Gasteiger partial charge in [-0.3, -0.25) is 0 Å². The minimum Gasteiger partial charge on any atom is -0.475 e. The summed E-state index contributed by atoms with van der Waals surface area (Å²) in [7, 11) is 0. The first-order valence-electron chi connectivity index (χ1n) is 5.74. The summed E-state index contributed by atoms with van der Waals surface area (Å²) >= 11 is 0. The summed E-state index contributed by atoms with van der Waals surface area (Å²) in [5.74, 6) is -1.03. The van der Waals surface area contributed by atoms with Crippen LogP contribution < -0.4 is 5.32 Å². The highest BCUT2D eigenvalue weighted by Gasteiger charge is 2.17. The molecule has 4 nitrogen and oxygen atoms in total. The molecule has 1 aliphatic rings. The fourth-order valence-electron chi connectivity index (χ4n) is 2.35. The number of aromatic carboxylic acids is 1. The van der Waals surface area contributed by atoms with Gasteiger partial charge in [0, 0.05) is 11.4 Å². The van der Waals surface area contributed by atoms with Gasteiger partial charge in [-0.15, -0.1) is 0 Å². The molecule has 1 atom stereocenters. The predicted octanol–water partition coefficient (Wildman–Crippen LogP) is 2.56. The molecule has 1 aromatic heterocycles. The maximum absolute atomic E-state index is 10.8. The summed E-state index contributed by atoms with van der Waals surface area (Å²) in [5, 5.41) is 13.1. The SMILES string of the molecule is O=C(O)c1cc2cc(C3CCCN3)ccc2o1. The number of benzene rings is 1. The minimum atomic E-state index is -1.03. The van der Waals surface area contributed by atoms with Gasteiger partial charge in [0.25, 0.3) is 0 Å². The van der Waals surface area contributed by atoms with Crippen LogP contribution >= 0.6 is 0 Å². The normalized spacial score (nSPS) is 19.9. The van der Waals surface area contributed by atoms with E-state index in [1.807, 2.05) is 18.2 Å². The smallest absolute Gasteiger partial charge is 0.371 e. The van der Waals surface area contributed by atoms with Crippen LogP contribution in [0.1, 0.15) is 35.0 Å². The van der Waals surface area contributed by atoms with Gasteiger partial charge < -0.3 is 14.8 Å². The highest BCUT2D eigenvalue weighted by Crippen LogP contribution is 2.27. The fourth-order valence-corrected chi connectivity index (χ4v) is 2.35. The molecule has 4 heteroatoms. The third-order valence-corrected chi connectivity index (χ3v) is 3.21. The number of furan rings is 1. The molecule has 88 valence electrons. The van der Waals surface area contributed by atoms with Crippen molar-refractivity contribution in [3.8, 4) is 0 Å². The lowest BCUT2D eigenvalue weighted by Gasteiger charge is -2.09. The van der Waals surface area contributed by atoms with Gasteiger partial charge in [-0.05, 0) is 43.1 Å². The van der Waals surface area contributed by atoms with Crippen LogP contribution in [0.2, 0.25) is 0 Å². The molecule has 0 spiro atoms. The standard InChI is InChI=1S/C13H13NO3/c15-13(16)12-7-9-6-8(3-4-11(9)17-12)10-2-1-5-14-10/h3-4,6-7,10,14H,1-2,5H2,(H,15,16). The number of carboxylic acids is 1. The summed E-state index contributed by atoms with van der Waals surface area (Å²) in [5.41, 5.74) is 1.83. The number of rotatable bonds is 2. The summed E-state index contributed by atoms with van der Waals surface area (Å²) in [4.78, 5) is 10.8. The van der Waals surface area contributed by atoms with Crippen molar-refractivity contribution in [1.82, 2.24) is 5.32 Å². The second kappa shape index (κ2) is 3.89.